The summed E-state index contributed by atoms with van der Waals surface area (Å²) in [6.45, 7) is 3.68. The van der Waals surface area contributed by atoms with Gasteiger partial charge in [-0.1, -0.05) is 217 Å². The average molecular weight is 1110 g/mol. The Balaban J connectivity index is 2.35. The smallest absolute Gasteiger partial charge is 0.397 e. The second-order valence-corrected chi connectivity index (χ2v) is 20.5. The van der Waals surface area contributed by atoms with E-state index in [-0.39, 0.29) is 19.6 Å². The normalized spacial score (nSPS) is 19.5. The first-order chi connectivity index (χ1) is 38.1. The van der Waals surface area contributed by atoms with Crippen molar-refractivity contribution in [3.05, 3.63) is 146 Å². The Bertz CT molecular complexity index is 1910. The molecule has 78 heavy (non-hydrogen) atoms. The first-order valence-electron chi connectivity index (χ1n) is 29.6. The van der Waals surface area contributed by atoms with Gasteiger partial charge in [0.25, 0.3) is 0 Å². The Morgan fingerprint density at radius 3 is 1.23 bits per heavy atom. The maximum Gasteiger partial charge on any atom is 0.397 e. The molecule has 1 saturated heterocycles. The van der Waals surface area contributed by atoms with E-state index in [1.54, 1.807) is 0 Å². The largest absolute Gasteiger partial charge is 0.457 e. The van der Waals surface area contributed by atoms with E-state index in [9.17, 15) is 33.1 Å². The topological polar surface area (TPSA) is 178 Å². The van der Waals surface area contributed by atoms with Crippen molar-refractivity contribution in [1.29, 1.82) is 0 Å². The highest BCUT2D eigenvalue weighted by molar-refractivity contribution is 7.80. The molecule has 0 bridgehead atoms. The molecule has 4 N–H and O–H groups in total. The molecule has 1 aliphatic heterocycles. The van der Waals surface area contributed by atoms with Crippen LogP contribution in [0.2, 0.25) is 0 Å². The highest BCUT2D eigenvalue weighted by atomic mass is 32.3. The van der Waals surface area contributed by atoms with E-state index in [4.69, 9.17) is 18.9 Å². The van der Waals surface area contributed by atoms with Crippen molar-refractivity contribution in [3.63, 3.8) is 0 Å². The number of esters is 1. The van der Waals surface area contributed by atoms with E-state index in [1.165, 1.54) is 32.1 Å². The van der Waals surface area contributed by atoms with Gasteiger partial charge in [-0.05, 0) is 116 Å². The van der Waals surface area contributed by atoms with Gasteiger partial charge >= 0.3 is 16.4 Å². The minimum Gasteiger partial charge on any atom is -0.457 e. The van der Waals surface area contributed by atoms with Crippen LogP contribution in [-0.4, -0.2) is 97.5 Å². The first-order valence-corrected chi connectivity index (χ1v) is 31.0. The van der Waals surface area contributed by atoms with Crippen molar-refractivity contribution in [2.75, 3.05) is 26.4 Å². The van der Waals surface area contributed by atoms with E-state index >= 15 is 0 Å². The average Bonchev–Trinajstić information content (AvgIpc) is 3.42. The van der Waals surface area contributed by atoms with Gasteiger partial charge in [0.1, 0.15) is 30.5 Å². The van der Waals surface area contributed by atoms with Crippen molar-refractivity contribution >= 4 is 16.4 Å². The van der Waals surface area contributed by atoms with Crippen molar-refractivity contribution in [1.82, 2.24) is 0 Å². The molecule has 0 aromatic rings. The van der Waals surface area contributed by atoms with Gasteiger partial charge in [0.2, 0.25) is 0 Å². The SMILES string of the molecule is CC/C=C\C/C=C\C/C=C\C/C=C\C/C=C\C/C=C\C/C=C\CCCCCCOCC(COC1OC(CO)C(O)C(OS(=O)(=O)O)C1O)OC(=O)CCCCCCCCCCC/C=C\C/C=C\C/C=C\C/C=C\C/C=C\CC. The molecule has 0 saturated carbocycles. The monoisotopic (exact) mass is 1110 g/mol. The van der Waals surface area contributed by atoms with Crippen molar-refractivity contribution in [2.45, 2.75) is 230 Å². The molecule has 1 rings (SSSR count). The molecule has 1 heterocycles. The fourth-order valence-electron chi connectivity index (χ4n) is 8.09. The molecular weight excluding hydrogens is 1000 g/mol. The summed E-state index contributed by atoms with van der Waals surface area (Å²) in [6.07, 6.45) is 71.6. The maximum atomic E-state index is 13.0. The van der Waals surface area contributed by atoms with Crippen molar-refractivity contribution < 1.29 is 56.2 Å². The van der Waals surface area contributed by atoms with Crippen LogP contribution < -0.4 is 0 Å². The lowest BCUT2D eigenvalue weighted by Crippen LogP contribution is -2.60. The van der Waals surface area contributed by atoms with Crippen LogP contribution in [0.3, 0.4) is 0 Å². The molecular formula is C65H104O12S. The van der Waals surface area contributed by atoms with Gasteiger partial charge in [-0.15, -0.1) is 0 Å². The molecule has 6 unspecified atom stereocenters. The summed E-state index contributed by atoms with van der Waals surface area (Å²) in [6, 6.07) is 0. The van der Waals surface area contributed by atoms with Crippen LogP contribution in [0.1, 0.15) is 194 Å². The van der Waals surface area contributed by atoms with Gasteiger partial charge < -0.3 is 34.3 Å². The molecule has 0 aliphatic carbocycles. The van der Waals surface area contributed by atoms with Gasteiger partial charge in [0.15, 0.2) is 6.29 Å². The molecule has 0 radical (unpaired) electrons. The van der Waals surface area contributed by atoms with Gasteiger partial charge in [-0.25, -0.2) is 4.18 Å². The van der Waals surface area contributed by atoms with Gasteiger partial charge in [-0.2, -0.15) is 8.42 Å². The number of carbonyl (C=O) groups excluding carboxylic acids is 1. The van der Waals surface area contributed by atoms with Crippen LogP contribution in [0.4, 0.5) is 0 Å². The molecule has 0 aromatic carbocycles. The van der Waals surface area contributed by atoms with Gasteiger partial charge in [0, 0.05) is 13.0 Å². The van der Waals surface area contributed by atoms with E-state index in [1.807, 2.05) is 0 Å². The third kappa shape index (κ3) is 45.8. The fraction of sp³-hybridized carbons (Fsp3) is 0.615. The number of carbonyl (C=O) groups is 1. The van der Waals surface area contributed by atoms with Crippen molar-refractivity contribution in [3.8, 4) is 0 Å². The molecule has 1 fully saturated rings. The molecule has 13 heteroatoms. The highest BCUT2D eigenvalue weighted by Crippen LogP contribution is 2.26. The number of allylic oxidation sites excluding steroid dienone is 24. The minimum atomic E-state index is -5.08. The summed E-state index contributed by atoms with van der Waals surface area (Å²) in [7, 11) is -5.08. The lowest BCUT2D eigenvalue weighted by atomic mass is 9.99. The Hall–Kier alpha value is -4.02. The molecule has 0 spiro atoms. The molecule has 12 nitrogen and oxygen atoms in total. The molecule has 0 amide bonds. The standard InChI is InChI=1S/C65H104O12S/c1-3-5-7-9-11-13-15-17-19-21-23-25-27-29-31-33-35-37-39-41-43-45-47-49-51-53-55-73-57-59(58-74-65-63(69)64(77-78(70,71)72)62(68)60(56-66)76-65)75-61(67)54-52-50-48-46-44-42-40-38-36-34-32-30-28-26-24-22-20-18-16-14-12-10-8-6-4-2/h5-8,11-14,17-20,23-26,29-32,35,37,41,43,59-60,62-66,68-69H,3-4,9-10,15-16,21-22,27-28,33-34,36,38-40,42,44-58H2,1-2H3,(H,70,71,72)/b7-5-,8-6-,13-11-,14-12-,19-17-,20-18-,25-23-,26-24-,31-29-,32-30-,37-35-,43-41-. The summed E-state index contributed by atoms with van der Waals surface area (Å²) < 4.78 is 59.4. The fourth-order valence-corrected chi connectivity index (χ4v) is 8.60. The summed E-state index contributed by atoms with van der Waals surface area (Å²) in [5.41, 5.74) is 0. The lowest BCUT2D eigenvalue weighted by Gasteiger charge is -2.41. The maximum absolute atomic E-state index is 13.0. The zero-order valence-electron chi connectivity index (χ0n) is 47.9. The van der Waals surface area contributed by atoms with E-state index in [0.29, 0.717) is 13.0 Å². The lowest BCUT2D eigenvalue weighted by molar-refractivity contribution is -0.301. The zero-order chi connectivity index (χ0) is 56.7. The number of hydrogen-bond donors (Lipinski definition) is 4. The second kappa shape index (κ2) is 53.6. The first kappa shape index (κ1) is 72.0. The van der Waals surface area contributed by atoms with Crippen LogP contribution in [0.5, 0.6) is 0 Å². The summed E-state index contributed by atoms with van der Waals surface area (Å²) in [4.78, 5) is 13.0. The van der Waals surface area contributed by atoms with E-state index in [0.717, 1.165) is 135 Å². The molecule has 1 aliphatic rings. The molecule has 442 valence electrons. The summed E-state index contributed by atoms with van der Waals surface area (Å²) >= 11 is 0. The number of hydrogen-bond acceptors (Lipinski definition) is 11. The van der Waals surface area contributed by atoms with Crippen LogP contribution in [0.15, 0.2) is 146 Å². The number of ether oxygens (including phenoxy) is 4. The predicted molar refractivity (Wildman–Crippen MR) is 321 cm³/mol. The Kier molecular flexibility index (Phi) is 49.5. The predicted octanol–water partition coefficient (Wildman–Crippen LogP) is 15.2. The van der Waals surface area contributed by atoms with Gasteiger partial charge in [-0.3, -0.25) is 9.35 Å². The molecule has 0 aromatic heterocycles. The van der Waals surface area contributed by atoms with E-state index < -0.39 is 59.8 Å². The van der Waals surface area contributed by atoms with Crippen molar-refractivity contribution in [2.24, 2.45) is 0 Å². The second-order valence-electron chi connectivity index (χ2n) is 19.5. The number of unbranched alkanes of at least 4 members (excludes halogenated alkanes) is 13. The molecule has 6 atom stereocenters. The quantitative estimate of drug-likeness (QED) is 0.0196. The van der Waals surface area contributed by atoms with Crippen LogP contribution >= 0.6 is 0 Å². The van der Waals surface area contributed by atoms with E-state index in [2.05, 4.69) is 164 Å². The Morgan fingerprint density at radius 1 is 0.487 bits per heavy atom. The summed E-state index contributed by atoms with van der Waals surface area (Å²) in [5.74, 6) is -0.421. The van der Waals surface area contributed by atoms with Gasteiger partial charge in [0.05, 0.1) is 19.8 Å². The third-order valence-corrected chi connectivity index (χ3v) is 12.9. The van der Waals surface area contributed by atoms with Crippen LogP contribution in [0, 0.1) is 0 Å². The third-order valence-electron chi connectivity index (χ3n) is 12.5. The Morgan fingerprint density at radius 2 is 0.846 bits per heavy atom. The van der Waals surface area contributed by atoms with Crippen LogP contribution in [-0.2, 0) is 38.3 Å². The number of rotatable bonds is 50. The Labute approximate surface area is 473 Å². The number of aliphatic hydroxyl groups excluding tert-OH is 3. The zero-order valence-corrected chi connectivity index (χ0v) is 48.7. The minimum absolute atomic E-state index is 0.00517. The highest BCUT2D eigenvalue weighted by Gasteiger charge is 2.48. The van der Waals surface area contributed by atoms with Crippen LogP contribution in [0.25, 0.3) is 0 Å². The summed E-state index contributed by atoms with van der Waals surface area (Å²) in [5, 5.41) is 30.9. The number of aliphatic hydroxyl groups is 3.